The van der Waals surface area contributed by atoms with Crippen LogP contribution >= 0.6 is 11.6 Å². The number of rotatable bonds is 4. The zero-order valence-corrected chi connectivity index (χ0v) is 16.4. The van der Waals surface area contributed by atoms with Crippen LogP contribution in [0.25, 0.3) is 0 Å². The highest BCUT2D eigenvalue weighted by molar-refractivity contribution is 7.92. The van der Waals surface area contributed by atoms with Gasteiger partial charge in [-0.2, -0.15) is 5.10 Å². The van der Waals surface area contributed by atoms with Crippen molar-refractivity contribution in [3.63, 3.8) is 0 Å². The van der Waals surface area contributed by atoms with E-state index in [0.29, 0.717) is 28.0 Å². The molecule has 1 aromatic carbocycles. The molecule has 1 aliphatic rings. The Kier molecular flexibility index (Phi) is 5.11. The van der Waals surface area contributed by atoms with E-state index in [1.807, 2.05) is 18.5 Å². The molecule has 7 heteroatoms. The highest BCUT2D eigenvalue weighted by atomic mass is 35.5. The first-order chi connectivity index (χ1) is 11.8. The van der Waals surface area contributed by atoms with E-state index in [4.69, 9.17) is 11.6 Å². The summed E-state index contributed by atoms with van der Waals surface area (Å²) in [5, 5.41) is 5.14. The molecule has 1 N–H and O–H groups in total. The van der Waals surface area contributed by atoms with Gasteiger partial charge >= 0.3 is 0 Å². The second-order valence-electron chi connectivity index (χ2n) is 6.80. The molecule has 3 rings (SSSR count). The van der Waals surface area contributed by atoms with Gasteiger partial charge < -0.3 is 0 Å². The van der Waals surface area contributed by atoms with Crippen molar-refractivity contribution in [3.05, 3.63) is 40.2 Å². The van der Waals surface area contributed by atoms with Crippen LogP contribution in [0, 0.1) is 20.8 Å². The molecule has 0 saturated heterocycles. The smallest absolute Gasteiger partial charge is 0.262 e. The highest BCUT2D eigenvalue weighted by Crippen LogP contribution is 2.33. The summed E-state index contributed by atoms with van der Waals surface area (Å²) in [6, 6.07) is 5.15. The Morgan fingerprint density at radius 3 is 2.48 bits per heavy atom. The normalized spacial score (nSPS) is 16.2. The SMILES string of the molecule is Cc1cc(Cl)ccc1S(=O)(=O)Nc1c(C)nn(C2CCCCC2)c1C. The first kappa shape index (κ1) is 18.3. The summed E-state index contributed by atoms with van der Waals surface area (Å²) in [6.45, 7) is 5.52. The van der Waals surface area contributed by atoms with Gasteiger partial charge in [0.15, 0.2) is 0 Å². The van der Waals surface area contributed by atoms with Crippen molar-refractivity contribution in [2.24, 2.45) is 0 Å². The number of nitrogens with zero attached hydrogens (tertiary/aromatic N) is 2. The van der Waals surface area contributed by atoms with Crippen LogP contribution in [-0.4, -0.2) is 18.2 Å². The van der Waals surface area contributed by atoms with E-state index >= 15 is 0 Å². The molecule has 1 aromatic heterocycles. The summed E-state index contributed by atoms with van der Waals surface area (Å²) < 4.78 is 30.4. The number of aromatic nitrogens is 2. The topological polar surface area (TPSA) is 64.0 Å². The molecular formula is C18H24ClN3O2S. The standard InChI is InChI=1S/C18H24ClN3O2S/c1-12-11-15(19)9-10-17(12)25(23,24)21-18-13(2)20-22(14(18)3)16-7-5-4-6-8-16/h9-11,16,21H,4-8H2,1-3H3. The summed E-state index contributed by atoms with van der Waals surface area (Å²) in [7, 11) is -3.69. The van der Waals surface area contributed by atoms with E-state index in [1.165, 1.54) is 25.3 Å². The Bertz CT molecular complexity index is 884. The maximum atomic E-state index is 12.8. The third kappa shape index (κ3) is 3.70. The molecular weight excluding hydrogens is 358 g/mol. The maximum Gasteiger partial charge on any atom is 0.262 e. The third-order valence-corrected chi connectivity index (χ3v) is 6.65. The second-order valence-corrected chi connectivity index (χ2v) is 8.88. The van der Waals surface area contributed by atoms with E-state index in [-0.39, 0.29) is 4.90 Å². The fraction of sp³-hybridized carbons (Fsp3) is 0.500. The molecule has 25 heavy (non-hydrogen) atoms. The molecule has 1 aliphatic carbocycles. The Morgan fingerprint density at radius 2 is 1.84 bits per heavy atom. The number of nitrogens with one attached hydrogen (secondary N) is 1. The summed E-state index contributed by atoms with van der Waals surface area (Å²) in [5.74, 6) is 0. The Hall–Kier alpha value is -1.53. The van der Waals surface area contributed by atoms with Gasteiger partial charge in [0.1, 0.15) is 0 Å². The van der Waals surface area contributed by atoms with Crippen LogP contribution in [0.5, 0.6) is 0 Å². The molecule has 0 amide bonds. The molecule has 0 atom stereocenters. The van der Waals surface area contributed by atoms with Crippen LogP contribution in [0.2, 0.25) is 5.02 Å². The number of hydrogen-bond acceptors (Lipinski definition) is 3. The average molecular weight is 382 g/mol. The fourth-order valence-corrected chi connectivity index (χ4v) is 5.23. The summed E-state index contributed by atoms with van der Waals surface area (Å²) in [6.07, 6.45) is 5.88. The molecule has 5 nitrogen and oxygen atoms in total. The lowest BCUT2D eigenvalue weighted by Crippen LogP contribution is -2.17. The van der Waals surface area contributed by atoms with E-state index in [1.54, 1.807) is 19.1 Å². The predicted molar refractivity (Wildman–Crippen MR) is 101 cm³/mol. The maximum absolute atomic E-state index is 12.8. The summed E-state index contributed by atoms with van der Waals surface area (Å²) >= 11 is 5.94. The molecule has 0 unspecified atom stereocenters. The Balaban J connectivity index is 1.93. The van der Waals surface area contributed by atoms with E-state index in [9.17, 15) is 8.42 Å². The molecule has 1 fully saturated rings. The Morgan fingerprint density at radius 1 is 1.16 bits per heavy atom. The monoisotopic (exact) mass is 381 g/mol. The molecule has 0 aliphatic heterocycles. The highest BCUT2D eigenvalue weighted by Gasteiger charge is 2.25. The van der Waals surface area contributed by atoms with E-state index in [2.05, 4.69) is 9.82 Å². The number of hydrogen-bond donors (Lipinski definition) is 1. The number of halogens is 1. The van der Waals surface area contributed by atoms with Crippen molar-refractivity contribution in [3.8, 4) is 0 Å². The fourth-order valence-electron chi connectivity index (χ4n) is 3.60. The van der Waals surface area contributed by atoms with Gasteiger partial charge in [-0.1, -0.05) is 30.9 Å². The molecule has 2 aromatic rings. The minimum Gasteiger partial charge on any atom is -0.276 e. The minimum absolute atomic E-state index is 0.237. The minimum atomic E-state index is -3.69. The van der Waals surface area contributed by atoms with Crippen molar-refractivity contribution < 1.29 is 8.42 Å². The molecule has 136 valence electrons. The quantitative estimate of drug-likeness (QED) is 0.829. The summed E-state index contributed by atoms with van der Waals surface area (Å²) in [5.41, 5.74) is 2.78. The van der Waals surface area contributed by atoms with E-state index in [0.717, 1.165) is 18.5 Å². The molecule has 0 radical (unpaired) electrons. The molecule has 0 spiro atoms. The lowest BCUT2D eigenvalue weighted by molar-refractivity contribution is 0.324. The van der Waals surface area contributed by atoms with E-state index < -0.39 is 10.0 Å². The van der Waals surface area contributed by atoms with Gasteiger partial charge in [0.05, 0.1) is 28.0 Å². The zero-order valence-electron chi connectivity index (χ0n) is 14.8. The van der Waals surface area contributed by atoms with Crippen molar-refractivity contribution in [2.45, 2.75) is 63.8 Å². The number of benzene rings is 1. The van der Waals surface area contributed by atoms with Crippen LogP contribution in [-0.2, 0) is 10.0 Å². The van der Waals surface area contributed by atoms with Crippen LogP contribution in [0.1, 0.15) is 55.1 Å². The lowest BCUT2D eigenvalue weighted by atomic mass is 9.95. The van der Waals surface area contributed by atoms with Crippen molar-refractivity contribution in [1.82, 2.24) is 9.78 Å². The first-order valence-corrected chi connectivity index (χ1v) is 10.5. The van der Waals surface area contributed by atoms with Crippen LogP contribution in [0.3, 0.4) is 0 Å². The van der Waals surface area contributed by atoms with Gasteiger partial charge in [-0.05, 0) is 57.4 Å². The third-order valence-electron chi connectivity index (χ3n) is 4.91. The van der Waals surface area contributed by atoms with Gasteiger partial charge in [0.2, 0.25) is 0 Å². The van der Waals surface area contributed by atoms with Gasteiger partial charge in [0.25, 0.3) is 10.0 Å². The number of anilines is 1. The van der Waals surface area contributed by atoms with Gasteiger partial charge in [-0.25, -0.2) is 8.42 Å². The largest absolute Gasteiger partial charge is 0.276 e. The lowest BCUT2D eigenvalue weighted by Gasteiger charge is -2.23. The van der Waals surface area contributed by atoms with Crippen LogP contribution in [0.15, 0.2) is 23.1 Å². The van der Waals surface area contributed by atoms with Gasteiger partial charge in [-0.15, -0.1) is 0 Å². The summed E-state index contributed by atoms with van der Waals surface area (Å²) in [4.78, 5) is 0.237. The zero-order chi connectivity index (χ0) is 18.2. The molecule has 0 bridgehead atoms. The number of aryl methyl sites for hydroxylation is 2. The van der Waals surface area contributed by atoms with Crippen molar-refractivity contribution >= 4 is 27.3 Å². The first-order valence-electron chi connectivity index (χ1n) is 8.64. The van der Waals surface area contributed by atoms with Gasteiger partial charge in [0, 0.05) is 5.02 Å². The second kappa shape index (κ2) is 7.00. The Labute approximate surface area is 154 Å². The van der Waals surface area contributed by atoms with Crippen molar-refractivity contribution in [2.75, 3.05) is 4.72 Å². The predicted octanol–water partition coefficient (Wildman–Crippen LogP) is 4.77. The van der Waals surface area contributed by atoms with Crippen molar-refractivity contribution in [1.29, 1.82) is 0 Å². The average Bonchev–Trinajstić information content (AvgIpc) is 2.83. The number of sulfonamides is 1. The molecule has 1 saturated carbocycles. The van der Waals surface area contributed by atoms with Gasteiger partial charge in [-0.3, -0.25) is 9.40 Å². The van der Waals surface area contributed by atoms with Crippen LogP contribution in [0.4, 0.5) is 5.69 Å². The molecule has 1 heterocycles. The van der Waals surface area contributed by atoms with Crippen LogP contribution < -0.4 is 4.72 Å².